The number of alkyl halides is 3. The van der Waals surface area contributed by atoms with Crippen LogP contribution in [0.5, 0.6) is 5.75 Å². The fourth-order valence-electron chi connectivity index (χ4n) is 2.02. The number of halogens is 4. The number of fused-ring (bicyclic) bond motifs is 1. The molecule has 0 radical (unpaired) electrons. The lowest BCUT2D eigenvalue weighted by atomic mass is 10.1. The highest BCUT2D eigenvalue weighted by molar-refractivity contribution is 6.32. The summed E-state index contributed by atoms with van der Waals surface area (Å²) in [5, 5.41) is 5.59. The highest BCUT2D eigenvalue weighted by Gasteiger charge is 2.39. The summed E-state index contributed by atoms with van der Waals surface area (Å²) < 4.78 is 42.4. The number of ether oxygens (including phenoxy) is 1. The van der Waals surface area contributed by atoms with Crippen LogP contribution >= 0.6 is 11.6 Å². The van der Waals surface area contributed by atoms with E-state index in [2.05, 4.69) is 10.6 Å². The molecule has 1 aliphatic heterocycles. The molecule has 0 spiro atoms. The van der Waals surface area contributed by atoms with Gasteiger partial charge in [-0.05, 0) is 19.5 Å². The minimum absolute atomic E-state index is 0.0317. The van der Waals surface area contributed by atoms with Gasteiger partial charge in [-0.3, -0.25) is 4.79 Å². The third-order valence-corrected chi connectivity index (χ3v) is 3.40. The van der Waals surface area contributed by atoms with Gasteiger partial charge in [0, 0.05) is 17.3 Å². The highest BCUT2D eigenvalue weighted by Crippen LogP contribution is 2.39. The zero-order valence-corrected chi connectivity index (χ0v) is 12.1. The van der Waals surface area contributed by atoms with Gasteiger partial charge in [0.05, 0.1) is 5.02 Å². The van der Waals surface area contributed by atoms with Crippen molar-refractivity contribution in [2.24, 2.45) is 0 Å². The lowest BCUT2D eigenvalue weighted by Gasteiger charge is -2.19. The molecule has 2 N–H and O–H groups in total. The first-order valence-corrected chi connectivity index (χ1v) is 6.73. The Morgan fingerprint density at radius 1 is 1.48 bits per heavy atom. The smallest absolute Gasteiger partial charge is 0.425 e. The molecule has 21 heavy (non-hydrogen) atoms. The molecule has 1 aromatic rings. The van der Waals surface area contributed by atoms with Crippen LogP contribution < -0.4 is 15.4 Å². The van der Waals surface area contributed by atoms with Crippen molar-refractivity contribution in [3.8, 4) is 5.75 Å². The van der Waals surface area contributed by atoms with Gasteiger partial charge in [0.2, 0.25) is 5.91 Å². The Bertz CT molecular complexity index is 563. The van der Waals surface area contributed by atoms with Gasteiger partial charge in [-0.15, -0.1) is 0 Å². The molecule has 1 amide bonds. The van der Waals surface area contributed by atoms with E-state index in [9.17, 15) is 18.0 Å². The maximum atomic E-state index is 12.5. The number of carbonyl (C=O) groups is 1. The molecule has 0 saturated heterocycles. The van der Waals surface area contributed by atoms with Gasteiger partial charge in [-0.1, -0.05) is 18.5 Å². The molecule has 4 nitrogen and oxygen atoms in total. The number of benzene rings is 1. The van der Waals surface area contributed by atoms with Gasteiger partial charge in [0.1, 0.15) is 11.8 Å². The van der Waals surface area contributed by atoms with Crippen LogP contribution in [0.25, 0.3) is 0 Å². The molecule has 1 aliphatic rings. The lowest BCUT2D eigenvalue weighted by molar-refractivity contribution is -0.189. The minimum Gasteiger partial charge on any atom is -0.480 e. The summed E-state index contributed by atoms with van der Waals surface area (Å²) in [5.41, 5.74) is 0.999. The van der Waals surface area contributed by atoms with Gasteiger partial charge < -0.3 is 15.4 Å². The van der Waals surface area contributed by atoms with Crippen LogP contribution in [0.1, 0.15) is 25.5 Å². The Morgan fingerprint density at radius 3 is 2.71 bits per heavy atom. The van der Waals surface area contributed by atoms with Gasteiger partial charge >= 0.3 is 6.18 Å². The van der Waals surface area contributed by atoms with E-state index in [1.807, 2.05) is 6.92 Å². The second-order valence-corrected chi connectivity index (χ2v) is 5.06. The van der Waals surface area contributed by atoms with Crippen LogP contribution in [0.4, 0.5) is 18.9 Å². The Hall–Kier alpha value is -1.47. The number of carbonyl (C=O) groups excluding carboxylic acids is 1. The maximum absolute atomic E-state index is 12.5. The Morgan fingerprint density at radius 2 is 2.14 bits per heavy atom. The zero-order chi connectivity index (χ0) is 15.8. The molecule has 1 aromatic carbocycles. The molecule has 1 heterocycles. The summed E-state index contributed by atoms with van der Waals surface area (Å²) in [5.74, 6) is -0.387. The second-order valence-electron chi connectivity index (χ2n) is 4.65. The number of hydrogen-bond acceptors (Lipinski definition) is 3. The molecular formula is C13H14ClF3N2O2. The quantitative estimate of drug-likeness (QED) is 0.894. The van der Waals surface area contributed by atoms with E-state index in [4.69, 9.17) is 16.3 Å². The van der Waals surface area contributed by atoms with E-state index in [0.29, 0.717) is 17.8 Å². The number of rotatable bonds is 4. The van der Waals surface area contributed by atoms with E-state index < -0.39 is 18.3 Å². The molecule has 0 saturated carbocycles. The van der Waals surface area contributed by atoms with Gasteiger partial charge in [0.15, 0.2) is 6.10 Å². The zero-order valence-electron chi connectivity index (χ0n) is 11.3. The molecule has 2 unspecified atom stereocenters. The molecule has 0 aliphatic carbocycles. The van der Waals surface area contributed by atoms with Crippen LogP contribution in [0.2, 0.25) is 5.02 Å². The topological polar surface area (TPSA) is 50.4 Å². The number of amides is 1. The minimum atomic E-state index is -4.49. The standard InChI is InChI=1S/C13H14ClF3N2O2/c1-3-18-11-7-4-8(14)10(5-9(7)19-12(11)20)21-6(2)13(15,16)17/h4-6,11,18H,3H2,1-2H3,(H,19,20). The average molecular weight is 323 g/mol. The van der Waals surface area contributed by atoms with Crippen LogP contribution in [0, 0.1) is 0 Å². The van der Waals surface area contributed by atoms with Crippen molar-refractivity contribution >= 4 is 23.2 Å². The summed E-state index contributed by atoms with van der Waals surface area (Å²) in [6, 6.07) is 2.20. The number of likely N-dealkylation sites (N-methyl/N-ethyl adjacent to an activating group) is 1. The normalized spacial score (nSPS) is 19.1. The fraction of sp³-hybridized carbons (Fsp3) is 0.462. The molecular weight excluding hydrogens is 309 g/mol. The summed E-state index contributed by atoms with van der Waals surface area (Å²) in [6.45, 7) is 3.30. The van der Waals surface area contributed by atoms with Crippen molar-refractivity contribution in [3.63, 3.8) is 0 Å². The lowest BCUT2D eigenvalue weighted by Crippen LogP contribution is -2.31. The van der Waals surface area contributed by atoms with E-state index in [-0.39, 0.29) is 16.7 Å². The molecule has 2 atom stereocenters. The van der Waals surface area contributed by atoms with Crippen molar-refractivity contribution in [1.82, 2.24) is 5.32 Å². The molecule has 8 heteroatoms. The number of nitrogens with one attached hydrogen (secondary N) is 2. The van der Waals surface area contributed by atoms with Gasteiger partial charge in [0.25, 0.3) is 0 Å². The summed E-state index contributed by atoms with van der Waals surface area (Å²) >= 11 is 5.96. The molecule has 0 aromatic heterocycles. The molecule has 0 bridgehead atoms. The Labute approximate surface area is 124 Å². The summed E-state index contributed by atoms with van der Waals surface area (Å²) in [4.78, 5) is 11.8. The summed E-state index contributed by atoms with van der Waals surface area (Å²) in [6.07, 6.45) is -6.48. The van der Waals surface area contributed by atoms with Gasteiger partial charge in [-0.2, -0.15) is 13.2 Å². The van der Waals surface area contributed by atoms with Crippen LogP contribution in [0.3, 0.4) is 0 Å². The SMILES string of the molecule is CCNC1C(=O)Nc2cc(OC(C)C(F)(F)F)c(Cl)cc21. The molecule has 0 fully saturated rings. The first-order valence-electron chi connectivity index (χ1n) is 6.35. The van der Waals surface area contributed by atoms with Crippen LogP contribution in [0.15, 0.2) is 12.1 Å². The third-order valence-electron chi connectivity index (χ3n) is 3.11. The third kappa shape index (κ3) is 3.24. The number of anilines is 1. The first-order chi connectivity index (χ1) is 9.74. The highest BCUT2D eigenvalue weighted by atomic mass is 35.5. The van der Waals surface area contributed by atoms with E-state index in [1.54, 1.807) is 0 Å². The van der Waals surface area contributed by atoms with Crippen molar-refractivity contribution in [2.45, 2.75) is 32.2 Å². The fourth-order valence-corrected chi connectivity index (χ4v) is 2.23. The van der Waals surface area contributed by atoms with E-state index in [1.165, 1.54) is 12.1 Å². The van der Waals surface area contributed by atoms with Crippen molar-refractivity contribution in [1.29, 1.82) is 0 Å². The van der Waals surface area contributed by atoms with Crippen molar-refractivity contribution in [2.75, 3.05) is 11.9 Å². The van der Waals surface area contributed by atoms with E-state index >= 15 is 0 Å². The van der Waals surface area contributed by atoms with E-state index in [0.717, 1.165) is 6.92 Å². The molecule has 2 rings (SSSR count). The largest absolute Gasteiger partial charge is 0.480 e. The Balaban J connectivity index is 2.29. The van der Waals surface area contributed by atoms with Crippen molar-refractivity contribution < 1.29 is 22.7 Å². The second kappa shape index (κ2) is 5.73. The molecule has 116 valence electrons. The summed E-state index contributed by atoms with van der Waals surface area (Å²) in [7, 11) is 0. The van der Waals surface area contributed by atoms with Crippen LogP contribution in [-0.2, 0) is 4.79 Å². The predicted octanol–water partition coefficient (Wildman–Crippen LogP) is 3.27. The number of hydrogen-bond donors (Lipinski definition) is 2. The maximum Gasteiger partial charge on any atom is 0.425 e. The first kappa shape index (κ1) is 15.9. The predicted molar refractivity (Wildman–Crippen MR) is 72.6 cm³/mol. The Kier molecular flexibility index (Phi) is 4.34. The van der Waals surface area contributed by atoms with Crippen molar-refractivity contribution in [3.05, 3.63) is 22.7 Å². The van der Waals surface area contributed by atoms with Gasteiger partial charge in [-0.25, -0.2) is 0 Å². The average Bonchev–Trinajstić information content (AvgIpc) is 2.66. The van der Waals surface area contributed by atoms with Crippen LogP contribution in [-0.4, -0.2) is 24.7 Å². The monoisotopic (exact) mass is 322 g/mol.